The van der Waals surface area contributed by atoms with E-state index in [1.54, 1.807) is 24.3 Å². The molecule has 0 saturated carbocycles. The Balaban J connectivity index is 1.30. The lowest BCUT2D eigenvalue weighted by Gasteiger charge is -2.22. The van der Waals surface area contributed by atoms with Gasteiger partial charge in [0.05, 0.1) is 6.61 Å². The van der Waals surface area contributed by atoms with Crippen LogP contribution in [0.3, 0.4) is 0 Å². The molecule has 2 aromatic rings. The van der Waals surface area contributed by atoms with Crippen LogP contribution in [-0.4, -0.2) is 46.3 Å². The van der Waals surface area contributed by atoms with Crippen molar-refractivity contribution in [2.45, 2.75) is 70.0 Å². The highest BCUT2D eigenvalue weighted by atomic mass is 32.2. The van der Waals surface area contributed by atoms with Crippen molar-refractivity contribution in [1.82, 2.24) is 20.0 Å². The lowest BCUT2D eigenvalue weighted by Crippen LogP contribution is -2.32. The van der Waals surface area contributed by atoms with E-state index in [1.807, 2.05) is 6.07 Å². The van der Waals surface area contributed by atoms with Crippen LogP contribution in [0, 0.1) is 0 Å². The van der Waals surface area contributed by atoms with Crippen LogP contribution in [-0.2, 0) is 18.6 Å². The number of hydrogen-bond donors (Lipinski definition) is 3. The molecule has 4 N–H and O–H groups in total. The molecule has 49 heavy (non-hydrogen) atoms. The number of nitrogens with one attached hydrogen (secondary N) is 2. The number of anilines is 1. The van der Waals surface area contributed by atoms with E-state index in [0.717, 1.165) is 44.9 Å². The topological polar surface area (TPSA) is 147 Å². The number of ether oxygens (including phenoxy) is 1. The van der Waals surface area contributed by atoms with E-state index < -0.39 is 25.1 Å². The molecule has 3 rings (SSSR count). The molecule has 1 aromatic heterocycles. The van der Waals surface area contributed by atoms with Crippen molar-refractivity contribution in [1.29, 1.82) is 0 Å². The van der Waals surface area contributed by atoms with Crippen molar-refractivity contribution in [3.05, 3.63) is 114 Å². The SMILES string of the molecule is CC/C=C\C/C=C\C/C=C\C/C=C\C/C=C\CCCC(=O)NCCNP(=O)(OC[C@@H]1O[C@H](n2ccc(N)nc2=O)CS1)Oc1ccccc1. The maximum Gasteiger partial charge on any atom is 0.458 e. The van der Waals surface area contributed by atoms with Gasteiger partial charge in [0.25, 0.3) is 0 Å². The molecule has 1 saturated heterocycles. The molecule has 1 amide bonds. The van der Waals surface area contributed by atoms with Gasteiger partial charge in [0.15, 0.2) is 0 Å². The molecule has 2 heterocycles. The summed E-state index contributed by atoms with van der Waals surface area (Å²) in [6.45, 7) is 2.49. The molecule has 1 aliphatic rings. The quantitative estimate of drug-likeness (QED) is 0.0612. The van der Waals surface area contributed by atoms with E-state index in [1.165, 1.54) is 28.6 Å². The number of unbranched alkanes of at least 4 members (excludes halogenated alkanes) is 1. The first-order chi connectivity index (χ1) is 23.9. The molecular formula is C36H50N5O6PS. The number of carbonyl (C=O) groups excluding carboxylic acids is 1. The molecule has 0 aliphatic carbocycles. The van der Waals surface area contributed by atoms with Crippen molar-refractivity contribution in [2.75, 3.05) is 31.2 Å². The summed E-state index contributed by atoms with van der Waals surface area (Å²) < 4.78 is 32.4. The number of carbonyl (C=O) groups is 1. The molecule has 0 radical (unpaired) electrons. The van der Waals surface area contributed by atoms with Crippen LogP contribution in [0.25, 0.3) is 0 Å². The third-order valence-electron chi connectivity index (χ3n) is 6.93. The van der Waals surface area contributed by atoms with Crippen molar-refractivity contribution in [3.63, 3.8) is 0 Å². The number of aromatic nitrogens is 2. The van der Waals surface area contributed by atoms with Gasteiger partial charge in [-0.15, -0.1) is 11.8 Å². The predicted octanol–water partition coefficient (Wildman–Crippen LogP) is 7.24. The minimum atomic E-state index is -3.83. The number of amides is 1. The Morgan fingerprint density at radius 2 is 1.65 bits per heavy atom. The zero-order valence-corrected chi connectivity index (χ0v) is 29.9. The van der Waals surface area contributed by atoms with Gasteiger partial charge in [-0.1, -0.05) is 85.9 Å². The van der Waals surface area contributed by atoms with Gasteiger partial charge < -0.3 is 20.3 Å². The molecule has 0 bridgehead atoms. The molecular weight excluding hydrogens is 661 g/mol. The van der Waals surface area contributed by atoms with Gasteiger partial charge in [-0.3, -0.25) is 13.9 Å². The minimum absolute atomic E-state index is 0.0579. The number of para-hydroxylation sites is 1. The standard InChI is InChI=1S/C36H50N5O6PS/c1-2-3-4-5-6-7-8-9-10-11-12-13-14-15-16-17-21-24-33(42)38-26-27-39-48(44,47-31-22-19-18-20-23-31)45-29-35-46-34(30-49-35)41-28-25-32(37)40-36(41)43/h3-4,6-7,9-10,12-13,15-16,18-20,22-23,25,28,34-35H,2,5,8,11,14,17,21,24,26-27,29-30H2,1H3,(H,38,42)(H,39,44)(H2,37,40,43)/b4-3-,7-6-,10-9-,13-12-,16-15-/t34-,35+,48?/m0/s1. The summed E-state index contributed by atoms with van der Waals surface area (Å²) in [6, 6.07) is 10.2. The Kier molecular flexibility index (Phi) is 19.2. The summed E-state index contributed by atoms with van der Waals surface area (Å²) in [6.07, 6.45) is 29.4. The highest BCUT2D eigenvalue weighted by Crippen LogP contribution is 2.45. The molecule has 1 unspecified atom stereocenters. The Bertz CT molecular complexity index is 1510. The maximum absolute atomic E-state index is 13.6. The molecule has 3 atom stereocenters. The molecule has 11 nitrogen and oxygen atoms in total. The Morgan fingerprint density at radius 3 is 2.31 bits per heavy atom. The number of nitrogens with two attached hydrogens (primary N) is 1. The van der Waals surface area contributed by atoms with Crippen molar-refractivity contribution in [3.8, 4) is 5.75 Å². The molecule has 1 aromatic carbocycles. The third-order valence-corrected chi connectivity index (χ3v) is 9.58. The number of thioether (sulfide) groups is 1. The van der Waals surface area contributed by atoms with Crippen LogP contribution >= 0.6 is 19.5 Å². The highest BCUT2D eigenvalue weighted by molar-refractivity contribution is 8.00. The summed E-state index contributed by atoms with van der Waals surface area (Å²) in [5.74, 6) is 0.899. The normalized spacial score (nSPS) is 18.0. The van der Waals surface area contributed by atoms with E-state index in [4.69, 9.17) is 19.5 Å². The maximum atomic E-state index is 13.6. The van der Waals surface area contributed by atoms with Crippen molar-refractivity contribution >= 4 is 31.2 Å². The van der Waals surface area contributed by atoms with Crippen LogP contribution in [0.1, 0.15) is 64.5 Å². The number of rotatable bonds is 23. The van der Waals surface area contributed by atoms with Crippen LogP contribution in [0.2, 0.25) is 0 Å². The van der Waals surface area contributed by atoms with Crippen molar-refractivity contribution < 1.29 is 23.1 Å². The Morgan fingerprint density at radius 1 is 1.00 bits per heavy atom. The van der Waals surface area contributed by atoms with E-state index >= 15 is 0 Å². The molecule has 0 spiro atoms. The second-order valence-electron chi connectivity index (χ2n) is 11.0. The Hall–Kier alpha value is -3.67. The lowest BCUT2D eigenvalue weighted by molar-refractivity contribution is -0.121. The third kappa shape index (κ3) is 17.0. The number of nitrogens with zero attached hydrogens (tertiary/aromatic N) is 2. The summed E-state index contributed by atoms with van der Waals surface area (Å²) >= 11 is 1.42. The molecule has 1 aliphatic heterocycles. The van der Waals surface area contributed by atoms with E-state index in [9.17, 15) is 14.2 Å². The first-order valence-corrected chi connectivity index (χ1v) is 19.4. The largest absolute Gasteiger partial charge is 0.458 e. The lowest BCUT2D eigenvalue weighted by atomic mass is 10.2. The van der Waals surface area contributed by atoms with E-state index in [2.05, 4.69) is 83.1 Å². The second kappa shape index (κ2) is 23.6. The van der Waals surface area contributed by atoms with Gasteiger partial charge in [-0.25, -0.2) is 14.4 Å². The zero-order valence-electron chi connectivity index (χ0n) is 28.2. The summed E-state index contributed by atoms with van der Waals surface area (Å²) in [5, 5.41) is 5.68. The number of benzene rings is 1. The highest BCUT2D eigenvalue weighted by Gasteiger charge is 2.33. The van der Waals surface area contributed by atoms with Gasteiger partial charge in [0.1, 0.15) is 23.2 Å². The molecule has 1 fully saturated rings. The smallest absolute Gasteiger partial charge is 0.413 e. The van der Waals surface area contributed by atoms with Crippen LogP contribution in [0.5, 0.6) is 5.75 Å². The van der Waals surface area contributed by atoms with Gasteiger partial charge in [-0.05, 0) is 63.1 Å². The van der Waals surface area contributed by atoms with Crippen LogP contribution < -0.4 is 26.4 Å². The average Bonchev–Trinajstić information content (AvgIpc) is 3.56. The number of allylic oxidation sites excluding steroid dienone is 10. The fourth-order valence-corrected chi connectivity index (χ4v) is 6.85. The van der Waals surface area contributed by atoms with E-state index in [-0.39, 0.29) is 31.4 Å². The first kappa shape index (κ1) is 39.8. The van der Waals surface area contributed by atoms with Gasteiger partial charge in [-0.2, -0.15) is 4.98 Å². The van der Waals surface area contributed by atoms with Crippen LogP contribution in [0.4, 0.5) is 5.82 Å². The van der Waals surface area contributed by atoms with E-state index in [0.29, 0.717) is 17.9 Å². The fourth-order valence-electron chi connectivity index (χ4n) is 4.44. The second-order valence-corrected chi connectivity index (χ2v) is 13.9. The minimum Gasteiger partial charge on any atom is -0.413 e. The monoisotopic (exact) mass is 711 g/mol. The van der Waals surface area contributed by atoms with Crippen LogP contribution in [0.15, 0.2) is 108 Å². The van der Waals surface area contributed by atoms with Gasteiger partial charge >= 0.3 is 13.4 Å². The molecule has 13 heteroatoms. The summed E-state index contributed by atoms with van der Waals surface area (Å²) in [4.78, 5) is 28.2. The molecule has 266 valence electrons. The first-order valence-electron chi connectivity index (χ1n) is 16.8. The average molecular weight is 712 g/mol. The zero-order chi connectivity index (χ0) is 35.0. The van der Waals surface area contributed by atoms with Crippen molar-refractivity contribution in [2.24, 2.45) is 0 Å². The summed E-state index contributed by atoms with van der Waals surface area (Å²) in [5.41, 5.74) is 4.57. The van der Waals surface area contributed by atoms with Gasteiger partial charge in [0.2, 0.25) is 5.91 Å². The fraction of sp³-hybridized carbons (Fsp3) is 0.417. The Labute approximate surface area is 294 Å². The summed E-state index contributed by atoms with van der Waals surface area (Å²) in [7, 11) is -3.83. The number of hydrogen-bond acceptors (Lipinski definition) is 9. The predicted molar refractivity (Wildman–Crippen MR) is 199 cm³/mol. The van der Waals surface area contributed by atoms with Gasteiger partial charge in [0, 0.05) is 31.5 Å². The number of nitrogen functional groups attached to an aromatic ring is 1.